The summed E-state index contributed by atoms with van der Waals surface area (Å²) in [6.07, 6.45) is 2.46. The molecule has 2 aromatic rings. The number of rotatable bonds is 6. The van der Waals surface area contributed by atoms with Gasteiger partial charge < -0.3 is 10.1 Å². The van der Waals surface area contributed by atoms with Crippen LogP contribution in [0.3, 0.4) is 0 Å². The van der Waals surface area contributed by atoms with Gasteiger partial charge in [0.1, 0.15) is 11.6 Å². The SMILES string of the molecule is CCCn1nccc1NC(=O)c1cc(OC)c(C)c([N+](=O)[O-])c1. The monoisotopic (exact) mass is 318 g/mol. The van der Waals surface area contributed by atoms with E-state index >= 15 is 0 Å². The summed E-state index contributed by atoms with van der Waals surface area (Å²) < 4.78 is 6.79. The standard InChI is InChI=1S/C15H18N4O4/c1-4-7-18-14(5-6-16-18)17-15(20)11-8-12(19(21)22)10(2)13(9-11)23-3/h5-6,8-9H,4,7H2,1-3H3,(H,17,20). The number of nitro groups is 1. The lowest BCUT2D eigenvalue weighted by Gasteiger charge is -2.10. The van der Waals surface area contributed by atoms with Crippen molar-refractivity contribution in [1.82, 2.24) is 9.78 Å². The molecule has 1 N–H and O–H groups in total. The molecule has 0 unspecified atom stereocenters. The molecule has 0 aliphatic rings. The number of hydrogen-bond acceptors (Lipinski definition) is 5. The van der Waals surface area contributed by atoms with Crippen LogP contribution < -0.4 is 10.1 Å². The molecule has 0 fully saturated rings. The van der Waals surface area contributed by atoms with E-state index in [-0.39, 0.29) is 11.3 Å². The summed E-state index contributed by atoms with van der Waals surface area (Å²) in [6, 6.07) is 4.40. The van der Waals surface area contributed by atoms with Gasteiger partial charge in [-0.05, 0) is 19.4 Å². The van der Waals surface area contributed by atoms with E-state index in [1.165, 1.54) is 19.2 Å². The first kappa shape index (κ1) is 16.5. The lowest BCUT2D eigenvalue weighted by molar-refractivity contribution is -0.385. The Morgan fingerprint density at radius 2 is 2.22 bits per heavy atom. The van der Waals surface area contributed by atoms with Gasteiger partial charge in [-0.1, -0.05) is 6.92 Å². The van der Waals surface area contributed by atoms with Crippen LogP contribution in [0.25, 0.3) is 0 Å². The maximum atomic E-state index is 12.4. The fourth-order valence-corrected chi connectivity index (χ4v) is 2.22. The third kappa shape index (κ3) is 3.47. The summed E-state index contributed by atoms with van der Waals surface area (Å²) >= 11 is 0. The molecule has 0 radical (unpaired) electrons. The number of carbonyl (C=O) groups excluding carboxylic acids is 1. The average molecular weight is 318 g/mol. The van der Waals surface area contributed by atoms with Crippen molar-refractivity contribution in [1.29, 1.82) is 0 Å². The molecule has 0 bridgehead atoms. The fraction of sp³-hybridized carbons (Fsp3) is 0.333. The van der Waals surface area contributed by atoms with Crippen LogP contribution in [0.5, 0.6) is 5.75 Å². The predicted molar refractivity (Wildman–Crippen MR) is 84.9 cm³/mol. The van der Waals surface area contributed by atoms with Crippen molar-refractivity contribution in [2.45, 2.75) is 26.8 Å². The highest BCUT2D eigenvalue weighted by Crippen LogP contribution is 2.29. The van der Waals surface area contributed by atoms with Crippen molar-refractivity contribution in [3.05, 3.63) is 45.6 Å². The van der Waals surface area contributed by atoms with E-state index in [1.807, 2.05) is 6.92 Å². The molecule has 1 amide bonds. The van der Waals surface area contributed by atoms with Gasteiger partial charge in [0.15, 0.2) is 0 Å². The van der Waals surface area contributed by atoms with E-state index in [1.54, 1.807) is 23.9 Å². The second kappa shape index (κ2) is 6.91. The van der Waals surface area contributed by atoms with Gasteiger partial charge in [0, 0.05) is 18.7 Å². The Morgan fingerprint density at radius 3 is 2.83 bits per heavy atom. The Balaban J connectivity index is 2.33. The minimum Gasteiger partial charge on any atom is -0.496 e. The van der Waals surface area contributed by atoms with Crippen LogP contribution in [0.15, 0.2) is 24.4 Å². The number of nitro benzene ring substituents is 1. The Kier molecular flexibility index (Phi) is 4.95. The normalized spacial score (nSPS) is 10.4. The van der Waals surface area contributed by atoms with E-state index < -0.39 is 10.8 Å². The molecule has 1 heterocycles. The summed E-state index contributed by atoms with van der Waals surface area (Å²) in [7, 11) is 1.41. The van der Waals surface area contributed by atoms with Gasteiger partial charge in [-0.25, -0.2) is 4.68 Å². The average Bonchev–Trinajstić information content (AvgIpc) is 2.94. The second-order valence-corrected chi connectivity index (χ2v) is 4.97. The van der Waals surface area contributed by atoms with Crippen molar-refractivity contribution >= 4 is 17.4 Å². The number of amides is 1. The lowest BCUT2D eigenvalue weighted by Crippen LogP contribution is -2.16. The van der Waals surface area contributed by atoms with Gasteiger partial charge in [-0.15, -0.1) is 0 Å². The van der Waals surface area contributed by atoms with Crippen LogP contribution >= 0.6 is 0 Å². The Labute approximate surface area is 133 Å². The number of nitrogens with zero attached hydrogens (tertiary/aromatic N) is 3. The van der Waals surface area contributed by atoms with Gasteiger partial charge >= 0.3 is 0 Å². The molecule has 0 aliphatic heterocycles. The zero-order valence-electron chi connectivity index (χ0n) is 13.2. The van der Waals surface area contributed by atoms with Gasteiger partial charge in [-0.2, -0.15) is 5.10 Å². The van der Waals surface area contributed by atoms with Crippen LogP contribution in [0, 0.1) is 17.0 Å². The van der Waals surface area contributed by atoms with E-state index in [4.69, 9.17) is 4.74 Å². The van der Waals surface area contributed by atoms with Gasteiger partial charge in [0.05, 0.1) is 29.4 Å². The maximum Gasteiger partial charge on any atom is 0.276 e. The minimum atomic E-state index is -0.532. The quantitative estimate of drug-likeness (QED) is 0.652. The summed E-state index contributed by atoms with van der Waals surface area (Å²) in [6.45, 7) is 4.25. The maximum absolute atomic E-state index is 12.4. The van der Waals surface area contributed by atoms with Gasteiger partial charge in [0.2, 0.25) is 0 Å². The molecule has 0 saturated carbocycles. The molecule has 0 aliphatic carbocycles. The van der Waals surface area contributed by atoms with Crippen LogP contribution in [0.4, 0.5) is 11.5 Å². The summed E-state index contributed by atoms with van der Waals surface area (Å²) in [5.41, 5.74) is 0.380. The van der Waals surface area contributed by atoms with E-state index in [0.717, 1.165) is 6.42 Å². The topological polar surface area (TPSA) is 99.3 Å². The third-order valence-electron chi connectivity index (χ3n) is 3.40. The summed E-state index contributed by atoms with van der Waals surface area (Å²) in [4.78, 5) is 23.0. The van der Waals surface area contributed by atoms with Gasteiger partial charge in [0.25, 0.3) is 11.6 Å². The number of benzene rings is 1. The zero-order chi connectivity index (χ0) is 17.0. The first-order valence-corrected chi connectivity index (χ1v) is 7.14. The van der Waals surface area contributed by atoms with Gasteiger partial charge in [-0.3, -0.25) is 14.9 Å². The molecule has 2 rings (SSSR count). The first-order valence-electron chi connectivity index (χ1n) is 7.14. The van der Waals surface area contributed by atoms with Crippen molar-refractivity contribution in [3.63, 3.8) is 0 Å². The minimum absolute atomic E-state index is 0.156. The third-order valence-corrected chi connectivity index (χ3v) is 3.40. The summed E-state index contributed by atoms with van der Waals surface area (Å²) in [5.74, 6) is 0.384. The Hall–Kier alpha value is -2.90. The van der Waals surface area contributed by atoms with Crippen molar-refractivity contribution < 1.29 is 14.5 Å². The Bertz CT molecular complexity index is 739. The van der Waals surface area contributed by atoms with Crippen molar-refractivity contribution in [3.8, 4) is 5.75 Å². The van der Waals surface area contributed by atoms with Crippen LogP contribution in [-0.2, 0) is 6.54 Å². The molecule has 122 valence electrons. The number of nitrogens with one attached hydrogen (secondary N) is 1. The fourth-order valence-electron chi connectivity index (χ4n) is 2.22. The molecule has 8 nitrogen and oxygen atoms in total. The predicted octanol–water partition coefficient (Wildman–Crippen LogP) is 2.77. The molecular formula is C15H18N4O4. The van der Waals surface area contributed by atoms with E-state index in [2.05, 4.69) is 10.4 Å². The molecular weight excluding hydrogens is 300 g/mol. The molecule has 0 spiro atoms. The lowest BCUT2D eigenvalue weighted by atomic mass is 10.1. The highest BCUT2D eigenvalue weighted by Gasteiger charge is 2.20. The first-order chi connectivity index (χ1) is 11.0. The molecule has 0 saturated heterocycles. The molecule has 8 heteroatoms. The van der Waals surface area contributed by atoms with Crippen LogP contribution in [0.1, 0.15) is 29.3 Å². The van der Waals surface area contributed by atoms with E-state index in [0.29, 0.717) is 23.7 Å². The highest BCUT2D eigenvalue weighted by atomic mass is 16.6. The van der Waals surface area contributed by atoms with Crippen molar-refractivity contribution in [2.24, 2.45) is 0 Å². The second-order valence-electron chi connectivity index (χ2n) is 4.97. The number of ether oxygens (including phenoxy) is 1. The number of aryl methyl sites for hydroxylation is 1. The number of anilines is 1. The zero-order valence-corrected chi connectivity index (χ0v) is 13.2. The number of hydrogen-bond donors (Lipinski definition) is 1. The molecule has 0 atom stereocenters. The number of aromatic nitrogens is 2. The van der Waals surface area contributed by atoms with Crippen LogP contribution in [-0.4, -0.2) is 27.7 Å². The highest BCUT2D eigenvalue weighted by molar-refractivity contribution is 6.04. The molecule has 23 heavy (non-hydrogen) atoms. The number of methoxy groups -OCH3 is 1. The van der Waals surface area contributed by atoms with Crippen molar-refractivity contribution in [2.75, 3.05) is 12.4 Å². The Morgan fingerprint density at radius 1 is 1.48 bits per heavy atom. The largest absolute Gasteiger partial charge is 0.496 e. The summed E-state index contributed by atoms with van der Waals surface area (Å²) in [5, 5.41) is 18.0. The van der Waals surface area contributed by atoms with E-state index in [9.17, 15) is 14.9 Å². The number of carbonyl (C=O) groups is 1. The molecule has 1 aromatic carbocycles. The van der Waals surface area contributed by atoms with Crippen LogP contribution in [0.2, 0.25) is 0 Å². The smallest absolute Gasteiger partial charge is 0.276 e. The molecule has 1 aromatic heterocycles.